The van der Waals surface area contributed by atoms with E-state index in [1.165, 1.54) is 22.4 Å². The number of hydrogen-bond donors (Lipinski definition) is 1. The first-order valence-electron chi connectivity index (χ1n) is 11.1. The molecule has 0 unspecified atom stereocenters. The lowest BCUT2D eigenvalue weighted by atomic mass is 10.1. The summed E-state index contributed by atoms with van der Waals surface area (Å²) in [6.45, 7) is 8.93. The third-order valence-corrected chi connectivity index (χ3v) is 6.10. The van der Waals surface area contributed by atoms with Gasteiger partial charge in [-0.15, -0.1) is 0 Å². The Labute approximate surface area is 192 Å². The smallest absolute Gasteiger partial charge is 0.255 e. The topological polar surface area (TPSA) is 53.4 Å². The molecule has 1 saturated heterocycles. The van der Waals surface area contributed by atoms with Gasteiger partial charge in [-0.2, -0.15) is 5.10 Å². The first-order valence-corrected chi connectivity index (χ1v) is 11.1. The van der Waals surface area contributed by atoms with Gasteiger partial charge in [0.25, 0.3) is 5.91 Å². The molecule has 6 nitrogen and oxygen atoms in total. The van der Waals surface area contributed by atoms with Crippen molar-refractivity contribution in [2.75, 3.05) is 33.2 Å². The van der Waals surface area contributed by atoms with Crippen LogP contribution in [0.2, 0.25) is 0 Å². The van der Waals surface area contributed by atoms with Crippen molar-refractivity contribution in [3.63, 3.8) is 0 Å². The average Bonchev–Trinajstić information content (AvgIpc) is 3.08. The maximum absolute atomic E-state index is 14.2. The largest absolute Gasteiger partial charge is 0.348 e. The Hall–Kier alpha value is -3.10. The van der Waals surface area contributed by atoms with E-state index in [-0.39, 0.29) is 11.6 Å². The molecule has 0 saturated carbocycles. The van der Waals surface area contributed by atoms with Gasteiger partial charge in [-0.25, -0.2) is 13.5 Å². The van der Waals surface area contributed by atoms with Gasteiger partial charge in [-0.05, 0) is 44.2 Å². The highest BCUT2D eigenvalue weighted by Crippen LogP contribution is 2.21. The van der Waals surface area contributed by atoms with E-state index in [4.69, 9.17) is 0 Å². The Kier molecular flexibility index (Phi) is 6.85. The van der Waals surface area contributed by atoms with Crippen molar-refractivity contribution in [1.82, 2.24) is 24.9 Å². The third kappa shape index (κ3) is 5.29. The normalized spacial score (nSPS) is 15.1. The summed E-state index contributed by atoms with van der Waals surface area (Å²) in [7, 11) is 2.14. The van der Waals surface area contributed by atoms with Crippen molar-refractivity contribution in [3.05, 3.63) is 82.2 Å². The van der Waals surface area contributed by atoms with Crippen LogP contribution in [0.3, 0.4) is 0 Å². The molecule has 33 heavy (non-hydrogen) atoms. The van der Waals surface area contributed by atoms with Crippen LogP contribution >= 0.6 is 0 Å². The Morgan fingerprint density at radius 1 is 1.03 bits per heavy atom. The van der Waals surface area contributed by atoms with Crippen molar-refractivity contribution >= 4 is 5.91 Å². The fourth-order valence-corrected chi connectivity index (χ4v) is 4.23. The lowest BCUT2D eigenvalue weighted by Gasteiger charge is -2.32. The summed E-state index contributed by atoms with van der Waals surface area (Å²) in [5.41, 5.74) is 3.72. The number of carbonyl (C=O) groups is 1. The zero-order valence-electron chi connectivity index (χ0n) is 19.2. The van der Waals surface area contributed by atoms with Crippen molar-refractivity contribution in [1.29, 1.82) is 0 Å². The van der Waals surface area contributed by atoms with Gasteiger partial charge >= 0.3 is 0 Å². The fraction of sp³-hybridized carbons (Fsp3) is 0.360. The van der Waals surface area contributed by atoms with E-state index in [0.717, 1.165) is 44.4 Å². The van der Waals surface area contributed by atoms with Crippen LogP contribution in [-0.4, -0.2) is 58.7 Å². The monoisotopic (exact) mass is 453 g/mol. The van der Waals surface area contributed by atoms with E-state index in [0.29, 0.717) is 23.5 Å². The highest BCUT2D eigenvalue weighted by molar-refractivity contribution is 5.96. The standard InChI is InChI=1S/C25H29F2N5O/c1-17-24(18(2)32(29-17)23-8-7-21(26)14-22(23)27)25(33)28-15-19-5-4-6-20(13-19)16-31-11-9-30(3)10-12-31/h4-8,13-14H,9-12,15-16H2,1-3H3,(H,28,33). The van der Waals surface area contributed by atoms with Gasteiger partial charge in [0.05, 0.1) is 17.0 Å². The van der Waals surface area contributed by atoms with Gasteiger partial charge in [0, 0.05) is 45.3 Å². The maximum atomic E-state index is 14.2. The summed E-state index contributed by atoms with van der Waals surface area (Å²) in [6, 6.07) is 11.5. The molecule has 0 bridgehead atoms. The van der Waals surface area contributed by atoms with Gasteiger partial charge in [0.15, 0.2) is 5.82 Å². The molecule has 1 fully saturated rings. The van der Waals surface area contributed by atoms with Crippen molar-refractivity contribution in [2.24, 2.45) is 0 Å². The molecular weight excluding hydrogens is 424 g/mol. The Balaban J connectivity index is 1.44. The molecule has 8 heteroatoms. The molecule has 1 amide bonds. The van der Waals surface area contributed by atoms with Gasteiger partial charge in [-0.1, -0.05) is 24.3 Å². The van der Waals surface area contributed by atoms with E-state index in [9.17, 15) is 13.6 Å². The van der Waals surface area contributed by atoms with E-state index >= 15 is 0 Å². The number of benzene rings is 2. The van der Waals surface area contributed by atoms with Crippen LogP contribution in [0, 0.1) is 25.5 Å². The van der Waals surface area contributed by atoms with E-state index in [1.807, 2.05) is 12.1 Å². The number of amides is 1. The molecule has 2 heterocycles. The summed E-state index contributed by atoms with van der Waals surface area (Å²) < 4.78 is 28.9. The van der Waals surface area contributed by atoms with Crippen LogP contribution in [-0.2, 0) is 13.1 Å². The molecule has 1 aliphatic heterocycles. The zero-order chi connectivity index (χ0) is 23.5. The van der Waals surface area contributed by atoms with Gasteiger partial charge in [0.2, 0.25) is 0 Å². The molecule has 1 aromatic heterocycles. The van der Waals surface area contributed by atoms with Crippen LogP contribution < -0.4 is 5.32 Å². The molecule has 0 radical (unpaired) electrons. The molecule has 3 aromatic rings. The molecule has 2 aromatic carbocycles. The highest BCUT2D eigenvalue weighted by Gasteiger charge is 2.21. The number of rotatable bonds is 6. The van der Waals surface area contributed by atoms with E-state index in [1.54, 1.807) is 13.8 Å². The zero-order valence-corrected chi connectivity index (χ0v) is 19.2. The minimum absolute atomic E-state index is 0.104. The average molecular weight is 454 g/mol. The van der Waals surface area contributed by atoms with E-state index < -0.39 is 11.6 Å². The van der Waals surface area contributed by atoms with Crippen LogP contribution in [0.1, 0.15) is 32.9 Å². The Morgan fingerprint density at radius 2 is 1.76 bits per heavy atom. The molecule has 4 rings (SSSR count). The Morgan fingerprint density at radius 3 is 2.48 bits per heavy atom. The molecule has 0 aliphatic carbocycles. The molecule has 174 valence electrons. The van der Waals surface area contributed by atoms with Crippen molar-refractivity contribution in [3.8, 4) is 5.69 Å². The second-order valence-corrected chi connectivity index (χ2v) is 8.64. The van der Waals surface area contributed by atoms with Crippen molar-refractivity contribution in [2.45, 2.75) is 26.9 Å². The van der Waals surface area contributed by atoms with Gasteiger partial charge in [0.1, 0.15) is 11.5 Å². The lowest BCUT2D eigenvalue weighted by molar-refractivity contribution is 0.0949. The van der Waals surface area contributed by atoms with Crippen LogP contribution in [0.15, 0.2) is 42.5 Å². The highest BCUT2D eigenvalue weighted by atomic mass is 19.1. The number of aryl methyl sites for hydroxylation is 1. The minimum Gasteiger partial charge on any atom is -0.348 e. The summed E-state index contributed by atoms with van der Waals surface area (Å²) in [4.78, 5) is 17.7. The lowest BCUT2D eigenvalue weighted by Crippen LogP contribution is -2.43. The number of nitrogens with zero attached hydrogens (tertiary/aromatic N) is 4. The fourth-order valence-electron chi connectivity index (χ4n) is 4.23. The van der Waals surface area contributed by atoms with Gasteiger partial charge in [-0.3, -0.25) is 9.69 Å². The third-order valence-electron chi connectivity index (χ3n) is 6.10. The molecular formula is C25H29F2N5O. The van der Waals surface area contributed by atoms with Crippen LogP contribution in [0.4, 0.5) is 8.78 Å². The number of halogens is 2. The quantitative estimate of drug-likeness (QED) is 0.621. The van der Waals surface area contributed by atoms with Crippen molar-refractivity contribution < 1.29 is 13.6 Å². The first-order chi connectivity index (χ1) is 15.8. The SMILES string of the molecule is Cc1nn(-c2ccc(F)cc2F)c(C)c1C(=O)NCc1cccc(CN2CCN(C)CC2)c1. The van der Waals surface area contributed by atoms with Crippen LogP contribution in [0.5, 0.6) is 0 Å². The summed E-state index contributed by atoms with van der Waals surface area (Å²) in [5, 5.41) is 7.27. The number of aromatic nitrogens is 2. The second kappa shape index (κ2) is 9.80. The molecule has 1 aliphatic rings. The number of nitrogens with one attached hydrogen (secondary N) is 1. The predicted octanol–water partition coefficient (Wildman–Crippen LogP) is 3.44. The summed E-state index contributed by atoms with van der Waals surface area (Å²) in [5.74, 6) is -1.67. The predicted molar refractivity (Wildman–Crippen MR) is 123 cm³/mol. The number of likely N-dealkylation sites (N-methyl/N-ethyl adjacent to an activating group) is 1. The maximum Gasteiger partial charge on any atom is 0.255 e. The number of hydrogen-bond acceptors (Lipinski definition) is 4. The minimum atomic E-state index is -0.732. The molecule has 0 spiro atoms. The number of carbonyl (C=O) groups excluding carboxylic acids is 1. The van der Waals surface area contributed by atoms with Gasteiger partial charge < -0.3 is 10.2 Å². The summed E-state index contributed by atoms with van der Waals surface area (Å²) in [6.07, 6.45) is 0. The number of piperazine rings is 1. The van der Waals surface area contributed by atoms with Crippen LogP contribution in [0.25, 0.3) is 5.69 Å². The molecule has 0 atom stereocenters. The molecule has 1 N–H and O–H groups in total. The Bertz CT molecular complexity index is 1150. The van der Waals surface area contributed by atoms with E-state index in [2.05, 4.69) is 39.4 Å². The summed E-state index contributed by atoms with van der Waals surface area (Å²) >= 11 is 0. The second-order valence-electron chi connectivity index (χ2n) is 8.64. The first kappa shape index (κ1) is 23.1.